The third kappa shape index (κ3) is 4.29. The summed E-state index contributed by atoms with van der Waals surface area (Å²) >= 11 is 0. The number of hydrogen-bond acceptors (Lipinski definition) is 5. The molecule has 0 saturated heterocycles. The molecule has 8 heteroatoms. The molecule has 3 rings (SSSR count). The van der Waals surface area contributed by atoms with Crippen molar-refractivity contribution in [1.29, 1.82) is 0 Å². The van der Waals surface area contributed by atoms with E-state index in [2.05, 4.69) is 10.3 Å². The van der Waals surface area contributed by atoms with Gasteiger partial charge in [-0.25, -0.2) is 8.42 Å². The number of sulfone groups is 1. The van der Waals surface area contributed by atoms with Gasteiger partial charge in [0.1, 0.15) is 10.7 Å². The van der Waals surface area contributed by atoms with Crippen LogP contribution in [0.5, 0.6) is 0 Å². The summed E-state index contributed by atoms with van der Waals surface area (Å²) in [5.74, 6) is -0.126. The third-order valence-corrected chi connectivity index (χ3v) is 6.93. The van der Waals surface area contributed by atoms with Crippen LogP contribution in [0.4, 0.5) is 5.82 Å². The lowest BCUT2D eigenvalue weighted by Crippen LogP contribution is -2.18. The average molecular weight is 428 g/mol. The minimum atomic E-state index is -3.84. The number of aromatic nitrogens is 2. The Morgan fingerprint density at radius 2 is 1.77 bits per heavy atom. The maximum absolute atomic E-state index is 13.5. The molecular weight excluding hydrogens is 402 g/mol. The van der Waals surface area contributed by atoms with Gasteiger partial charge >= 0.3 is 0 Å². The SMILES string of the molecule is COCCCn1c(C)c(C)c(S(=O)(=O)c2ccccc2)c1NC(=O)c1ccncc1. The molecule has 7 nitrogen and oxygen atoms in total. The molecule has 0 spiro atoms. The molecule has 158 valence electrons. The maximum atomic E-state index is 13.5. The number of amides is 1. The molecule has 0 saturated carbocycles. The van der Waals surface area contributed by atoms with Gasteiger partial charge in [-0.1, -0.05) is 18.2 Å². The van der Waals surface area contributed by atoms with E-state index in [-0.39, 0.29) is 15.6 Å². The van der Waals surface area contributed by atoms with Crippen LogP contribution in [0.1, 0.15) is 28.0 Å². The monoisotopic (exact) mass is 427 g/mol. The van der Waals surface area contributed by atoms with Crippen molar-refractivity contribution < 1.29 is 17.9 Å². The fraction of sp³-hybridized carbons (Fsp3) is 0.273. The molecule has 0 bridgehead atoms. The third-order valence-electron chi connectivity index (χ3n) is 5.00. The number of rotatable bonds is 8. The summed E-state index contributed by atoms with van der Waals surface area (Å²) in [6, 6.07) is 11.4. The summed E-state index contributed by atoms with van der Waals surface area (Å²) in [5.41, 5.74) is 1.79. The second kappa shape index (κ2) is 9.23. The molecule has 0 aliphatic carbocycles. The van der Waals surface area contributed by atoms with Crippen molar-refractivity contribution in [3.8, 4) is 0 Å². The largest absolute Gasteiger partial charge is 0.385 e. The van der Waals surface area contributed by atoms with Crippen LogP contribution in [0.2, 0.25) is 0 Å². The van der Waals surface area contributed by atoms with Crippen molar-refractivity contribution in [3.63, 3.8) is 0 Å². The molecule has 0 fully saturated rings. The van der Waals surface area contributed by atoms with Crippen molar-refractivity contribution in [3.05, 3.63) is 71.7 Å². The van der Waals surface area contributed by atoms with E-state index >= 15 is 0 Å². The molecule has 0 atom stereocenters. The lowest BCUT2D eigenvalue weighted by Gasteiger charge is -2.14. The van der Waals surface area contributed by atoms with Crippen LogP contribution in [0.25, 0.3) is 0 Å². The number of methoxy groups -OCH3 is 1. The molecule has 1 aromatic carbocycles. The van der Waals surface area contributed by atoms with Gasteiger partial charge in [0.2, 0.25) is 9.84 Å². The molecule has 2 aromatic heterocycles. The summed E-state index contributed by atoms with van der Waals surface area (Å²) < 4.78 is 34.0. The summed E-state index contributed by atoms with van der Waals surface area (Å²) in [5, 5.41) is 2.84. The first-order valence-corrected chi connectivity index (χ1v) is 11.1. The molecule has 1 amide bonds. The zero-order valence-electron chi connectivity index (χ0n) is 17.3. The molecule has 0 radical (unpaired) electrons. The molecule has 2 heterocycles. The van der Waals surface area contributed by atoms with E-state index in [1.807, 2.05) is 11.5 Å². The molecule has 3 aromatic rings. The Labute approximate surface area is 176 Å². The Hall–Kier alpha value is -2.97. The van der Waals surface area contributed by atoms with Gasteiger partial charge in [-0.2, -0.15) is 0 Å². The van der Waals surface area contributed by atoms with Crippen LogP contribution in [0.15, 0.2) is 64.6 Å². The zero-order chi connectivity index (χ0) is 21.7. The number of nitrogens with zero attached hydrogens (tertiary/aromatic N) is 2. The fourth-order valence-electron chi connectivity index (χ4n) is 3.33. The second-order valence-corrected chi connectivity index (χ2v) is 8.78. The van der Waals surface area contributed by atoms with E-state index in [0.29, 0.717) is 30.7 Å². The van der Waals surface area contributed by atoms with Crippen molar-refractivity contribution >= 4 is 21.6 Å². The first kappa shape index (κ1) is 21.7. The van der Waals surface area contributed by atoms with E-state index < -0.39 is 15.7 Å². The molecular formula is C22H25N3O4S. The summed E-state index contributed by atoms with van der Waals surface area (Å²) in [4.78, 5) is 17.1. The first-order chi connectivity index (χ1) is 14.4. The van der Waals surface area contributed by atoms with Gasteiger partial charge in [0.25, 0.3) is 5.91 Å². The van der Waals surface area contributed by atoms with Crippen LogP contribution in [-0.4, -0.2) is 37.6 Å². The minimum absolute atomic E-state index is 0.117. The Morgan fingerprint density at radius 1 is 1.10 bits per heavy atom. The second-order valence-electron chi connectivity index (χ2n) is 6.89. The Kier molecular flexibility index (Phi) is 6.69. The lowest BCUT2D eigenvalue weighted by molar-refractivity contribution is 0.102. The highest BCUT2D eigenvalue weighted by Crippen LogP contribution is 2.35. The smallest absolute Gasteiger partial charge is 0.256 e. The van der Waals surface area contributed by atoms with Gasteiger partial charge in [0.15, 0.2) is 0 Å². The van der Waals surface area contributed by atoms with Gasteiger partial charge in [-0.05, 0) is 50.1 Å². The number of carbonyl (C=O) groups excluding carboxylic acids is 1. The number of hydrogen-bond donors (Lipinski definition) is 1. The topological polar surface area (TPSA) is 90.3 Å². The van der Waals surface area contributed by atoms with E-state index in [4.69, 9.17) is 4.74 Å². The fourth-order valence-corrected chi connectivity index (χ4v) is 5.05. The normalized spacial score (nSPS) is 11.4. The maximum Gasteiger partial charge on any atom is 0.256 e. The number of carbonyl (C=O) groups is 1. The van der Waals surface area contributed by atoms with Crippen molar-refractivity contribution in [2.24, 2.45) is 0 Å². The number of benzene rings is 1. The van der Waals surface area contributed by atoms with Crippen LogP contribution in [0.3, 0.4) is 0 Å². The minimum Gasteiger partial charge on any atom is -0.385 e. The predicted octanol–water partition coefficient (Wildman–Crippen LogP) is 3.62. The summed E-state index contributed by atoms with van der Waals surface area (Å²) in [7, 11) is -2.22. The first-order valence-electron chi connectivity index (χ1n) is 9.58. The highest BCUT2D eigenvalue weighted by Gasteiger charge is 2.30. The highest BCUT2D eigenvalue weighted by atomic mass is 32.2. The Bertz CT molecular complexity index is 1120. The van der Waals surface area contributed by atoms with E-state index in [1.165, 1.54) is 12.4 Å². The van der Waals surface area contributed by atoms with Gasteiger partial charge in [-0.15, -0.1) is 0 Å². The van der Waals surface area contributed by atoms with Crippen molar-refractivity contribution in [2.75, 3.05) is 19.0 Å². The summed E-state index contributed by atoms with van der Waals surface area (Å²) in [6.07, 6.45) is 3.71. The number of nitrogens with one attached hydrogen (secondary N) is 1. The molecule has 30 heavy (non-hydrogen) atoms. The van der Waals surface area contributed by atoms with E-state index in [9.17, 15) is 13.2 Å². The number of anilines is 1. The zero-order valence-corrected chi connectivity index (χ0v) is 18.1. The van der Waals surface area contributed by atoms with Crippen LogP contribution in [-0.2, 0) is 21.1 Å². The van der Waals surface area contributed by atoms with Crippen LogP contribution in [0, 0.1) is 13.8 Å². The molecule has 1 N–H and O–H groups in total. The van der Waals surface area contributed by atoms with Gasteiger partial charge < -0.3 is 14.6 Å². The van der Waals surface area contributed by atoms with Gasteiger partial charge in [0.05, 0.1) is 4.90 Å². The van der Waals surface area contributed by atoms with Crippen LogP contribution < -0.4 is 5.32 Å². The number of pyridine rings is 1. The Balaban J connectivity index is 2.14. The van der Waals surface area contributed by atoms with Crippen molar-refractivity contribution in [2.45, 2.75) is 36.6 Å². The van der Waals surface area contributed by atoms with E-state index in [0.717, 1.165) is 5.69 Å². The van der Waals surface area contributed by atoms with Gasteiger partial charge in [0, 0.05) is 43.9 Å². The summed E-state index contributed by atoms with van der Waals surface area (Å²) in [6.45, 7) is 4.65. The lowest BCUT2D eigenvalue weighted by atomic mass is 10.2. The average Bonchev–Trinajstić information content (AvgIpc) is 3.00. The molecule has 0 aliphatic rings. The van der Waals surface area contributed by atoms with Gasteiger partial charge in [-0.3, -0.25) is 9.78 Å². The standard InChI is InChI=1S/C22H25N3O4S/c1-16-17(2)25(14-7-15-29-3)21(24-22(26)18-10-12-23-13-11-18)20(16)30(27,28)19-8-5-4-6-9-19/h4-6,8-13H,7,14-15H2,1-3H3,(H,24,26). The molecule has 0 aliphatic heterocycles. The highest BCUT2D eigenvalue weighted by molar-refractivity contribution is 7.91. The molecule has 0 unspecified atom stereocenters. The van der Waals surface area contributed by atoms with E-state index in [1.54, 1.807) is 56.5 Å². The quantitative estimate of drug-likeness (QED) is 0.555. The number of ether oxygens (including phenoxy) is 1. The Morgan fingerprint density at radius 3 is 2.40 bits per heavy atom. The van der Waals surface area contributed by atoms with Crippen molar-refractivity contribution in [1.82, 2.24) is 9.55 Å². The predicted molar refractivity (Wildman–Crippen MR) is 114 cm³/mol. The van der Waals surface area contributed by atoms with Crippen LogP contribution >= 0.6 is 0 Å².